The Morgan fingerprint density at radius 2 is 2.00 bits per heavy atom. The fourth-order valence-corrected chi connectivity index (χ4v) is 1.59. The fourth-order valence-electron chi connectivity index (χ4n) is 1.59. The van der Waals surface area contributed by atoms with E-state index in [1.807, 2.05) is 6.07 Å². The second-order valence-corrected chi connectivity index (χ2v) is 3.17. The number of ketones is 1. The van der Waals surface area contributed by atoms with Crippen LogP contribution >= 0.6 is 0 Å². The van der Waals surface area contributed by atoms with Crippen LogP contribution in [0.2, 0.25) is 0 Å². The van der Waals surface area contributed by atoms with Crippen LogP contribution in [0.4, 0.5) is 0 Å². The predicted molar refractivity (Wildman–Crippen MR) is 45.1 cm³/mol. The van der Waals surface area contributed by atoms with Crippen molar-refractivity contribution in [2.24, 2.45) is 0 Å². The first-order valence-corrected chi connectivity index (χ1v) is 4.08. The summed E-state index contributed by atoms with van der Waals surface area (Å²) in [4.78, 5) is 11.0. The minimum atomic E-state index is 0.295. The maximum absolute atomic E-state index is 11.0. The third-order valence-electron chi connectivity index (χ3n) is 2.25. The molecule has 0 aromatic heterocycles. The normalized spacial score (nSPS) is 15.8. The number of rotatable bonds is 0. The largest absolute Gasteiger partial charge is 0.508 e. The van der Waals surface area contributed by atoms with Gasteiger partial charge in [0.2, 0.25) is 0 Å². The van der Waals surface area contributed by atoms with Gasteiger partial charge in [0.15, 0.2) is 0 Å². The number of phenols is 1. The number of fused-ring (bicyclic) bond motifs is 1. The van der Waals surface area contributed by atoms with E-state index in [-0.39, 0.29) is 0 Å². The fraction of sp³-hybridized carbons (Fsp3) is 0.300. The van der Waals surface area contributed by atoms with E-state index in [0.717, 1.165) is 17.5 Å². The molecule has 0 saturated heterocycles. The Morgan fingerprint density at radius 3 is 2.83 bits per heavy atom. The number of carbonyl (C=O) groups excluding carboxylic acids is 1. The Kier molecular flexibility index (Phi) is 1.61. The van der Waals surface area contributed by atoms with Gasteiger partial charge in [-0.25, -0.2) is 0 Å². The lowest BCUT2D eigenvalue weighted by atomic mass is 9.91. The molecule has 2 heteroatoms. The number of Topliss-reactive ketones (excluding diaryl/α,β-unsaturated/α-hetero) is 1. The van der Waals surface area contributed by atoms with E-state index in [4.69, 9.17) is 5.11 Å². The molecule has 1 aliphatic carbocycles. The molecular formula is C10H10O2. The van der Waals surface area contributed by atoms with E-state index in [0.29, 0.717) is 24.4 Å². The van der Waals surface area contributed by atoms with Crippen LogP contribution in [0.25, 0.3) is 0 Å². The van der Waals surface area contributed by atoms with Gasteiger partial charge in [-0.1, -0.05) is 6.07 Å². The van der Waals surface area contributed by atoms with Crippen LogP contribution in [-0.2, 0) is 17.6 Å². The minimum absolute atomic E-state index is 0.295. The quantitative estimate of drug-likeness (QED) is 0.627. The highest BCUT2D eigenvalue weighted by Crippen LogP contribution is 2.22. The van der Waals surface area contributed by atoms with Gasteiger partial charge < -0.3 is 5.11 Å². The van der Waals surface area contributed by atoms with Gasteiger partial charge in [0.25, 0.3) is 0 Å². The average molecular weight is 162 g/mol. The van der Waals surface area contributed by atoms with Crippen molar-refractivity contribution in [3.05, 3.63) is 29.3 Å². The zero-order valence-electron chi connectivity index (χ0n) is 6.71. The first-order chi connectivity index (χ1) is 5.75. The van der Waals surface area contributed by atoms with Crippen molar-refractivity contribution in [3.63, 3.8) is 0 Å². The lowest BCUT2D eigenvalue weighted by Crippen LogP contribution is -2.12. The van der Waals surface area contributed by atoms with Gasteiger partial charge in [0.05, 0.1) is 0 Å². The molecule has 1 N–H and O–H groups in total. The molecule has 1 aromatic rings. The molecule has 0 unspecified atom stereocenters. The number of phenolic OH excluding ortho intramolecular Hbond substituents is 1. The van der Waals surface area contributed by atoms with Crippen LogP contribution < -0.4 is 0 Å². The summed E-state index contributed by atoms with van der Waals surface area (Å²) >= 11 is 0. The van der Waals surface area contributed by atoms with Crippen molar-refractivity contribution in [1.82, 2.24) is 0 Å². The van der Waals surface area contributed by atoms with Crippen LogP contribution in [-0.4, -0.2) is 10.9 Å². The molecule has 0 saturated carbocycles. The summed E-state index contributed by atoms with van der Waals surface area (Å²) in [5.41, 5.74) is 2.19. The van der Waals surface area contributed by atoms with Crippen molar-refractivity contribution in [1.29, 1.82) is 0 Å². The van der Waals surface area contributed by atoms with Gasteiger partial charge in [-0.15, -0.1) is 0 Å². The molecule has 0 amide bonds. The lowest BCUT2D eigenvalue weighted by molar-refractivity contribution is -0.118. The minimum Gasteiger partial charge on any atom is -0.508 e. The highest BCUT2D eigenvalue weighted by atomic mass is 16.3. The van der Waals surface area contributed by atoms with E-state index in [1.165, 1.54) is 0 Å². The van der Waals surface area contributed by atoms with Crippen molar-refractivity contribution in [2.75, 3.05) is 0 Å². The summed E-state index contributed by atoms with van der Waals surface area (Å²) in [7, 11) is 0. The van der Waals surface area contributed by atoms with E-state index in [2.05, 4.69) is 0 Å². The van der Waals surface area contributed by atoms with Crippen molar-refractivity contribution in [2.45, 2.75) is 19.3 Å². The van der Waals surface area contributed by atoms with Crippen molar-refractivity contribution in [3.8, 4) is 5.75 Å². The molecular weight excluding hydrogens is 152 g/mol. The highest BCUT2D eigenvalue weighted by molar-refractivity contribution is 5.83. The highest BCUT2D eigenvalue weighted by Gasteiger charge is 2.14. The van der Waals surface area contributed by atoms with Gasteiger partial charge >= 0.3 is 0 Å². The standard InChI is InChI=1S/C10H10O2/c11-9-3-1-7-5-10(12)4-2-8(7)6-9/h1,3,6,11H,2,4-5H2. The Balaban J connectivity index is 2.43. The number of benzene rings is 1. The van der Waals surface area contributed by atoms with Crippen molar-refractivity contribution >= 4 is 5.78 Å². The summed E-state index contributed by atoms with van der Waals surface area (Å²) in [5.74, 6) is 0.594. The van der Waals surface area contributed by atoms with Crippen LogP contribution in [0.3, 0.4) is 0 Å². The molecule has 0 spiro atoms. The zero-order valence-corrected chi connectivity index (χ0v) is 6.71. The second kappa shape index (κ2) is 2.63. The van der Waals surface area contributed by atoms with Crippen LogP contribution in [0.15, 0.2) is 18.2 Å². The van der Waals surface area contributed by atoms with Gasteiger partial charge in [-0.2, -0.15) is 0 Å². The Bertz CT molecular complexity index is 329. The molecule has 0 bridgehead atoms. The molecule has 62 valence electrons. The number of hydrogen-bond acceptors (Lipinski definition) is 2. The van der Waals surface area contributed by atoms with Gasteiger partial charge in [-0.05, 0) is 29.7 Å². The van der Waals surface area contributed by atoms with Crippen molar-refractivity contribution < 1.29 is 9.90 Å². The van der Waals surface area contributed by atoms with E-state index < -0.39 is 0 Å². The Labute approximate surface area is 70.8 Å². The number of aromatic hydroxyl groups is 1. The summed E-state index contributed by atoms with van der Waals surface area (Å²) in [6.45, 7) is 0. The molecule has 0 heterocycles. The van der Waals surface area contributed by atoms with Gasteiger partial charge in [0, 0.05) is 12.8 Å². The molecule has 2 nitrogen and oxygen atoms in total. The molecule has 0 radical (unpaired) electrons. The molecule has 2 rings (SSSR count). The number of hydrogen-bond donors (Lipinski definition) is 1. The van der Waals surface area contributed by atoms with E-state index in [9.17, 15) is 4.79 Å². The molecule has 0 atom stereocenters. The Morgan fingerprint density at radius 1 is 1.17 bits per heavy atom. The molecule has 1 aliphatic rings. The first kappa shape index (κ1) is 7.35. The third kappa shape index (κ3) is 1.20. The molecule has 1 aromatic carbocycles. The third-order valence-corrected chi connectivity index (χ3v) is 2.25. The SMILES string of the molecule is O=C1CCc2cc(O)ccc2C1. The maximum Gasteiger partial charge on any atom is 0.137 e. The number of aryl methyl sites for hydroxylation is 1. The predicted octanol–water partition coefficient (Wildman–Crippen LogP) is 1.45. The second-order valence-electron chi connectivity index (χ2n) is 3.17. The van der Waals surface area contributed by atoms with Crippen LogP contribution in [0.5, 0.6) is 5.75 Å². The summed E-state index contributed by atoms with van der Waals surface area (Å²) in [6, 6.07) is 5.22. The van der Waals surface area contributed by atoms with Crippen LogP contribution in [0, 0.1) is 0 Å². The van der Waals surface area contributed by atoms with Gasteiger partial charge in [0.1, 0.15) is 11.5 Å². The Hall–Kier alpha value is -1.31. The van der Waals surface area contributed by atoms with E-state index >= 15 is 0 Å². The number of carbonyl (C=O) groups is 1. The van der Waals surface area contributed by atoms with Crippen LogP contribution in [0.1, 0.15) is 17.5 Å². The first-order valence-electron chi connectivity index (χ1n) is 4.08. The van der Waals surface area contributed by atoms with E-state index in [1.54, 1.807) is 12.1 Å². The molecule has 0 aliphatic heterocycles. The smallest absolute Gasteiger partial charge is 0.137 e. The van der Waals surface area contributed by atoms with Gasteiger partial charge in [-0.3, -0.25) is 4.79 Å². The molecule has 0 fully saturated rings. The lowest BCUT2D eigenvalue weighted by Gasteiger charge is -2.14. The summed E-state index contributed by atoms with van der Waals surface area (Å²) in [6.07, 6.45) is 1.94. The molecule has 12 heavy (non-hydrogen) atoms. The topological polar surface area (TPSA) is 37.3 Å². The summed E-state index contributed by atoms with van der Waals surface area (Å²) in [5, 5.41) is 9.17. The maximum atomic E-state index is 11.0. The average Bonchev–Trinajstić information content (AvgIpc) is 2.05. The monoisotopic (exact) mass is 162 g/mol. The zero-order chi connectivity index (χ0) is 8.55. The summed E-state index contributed by atoms with van der Waals surface area (Å²) < 4.78 is 0.